The van der Waals surface area contributed by atoms with Crippen molar-refractivity contribution in [1.82, 2.24) is 20.2 Å². The quantitative estimate of drug-likeness (QED) is 0.567. The Kier molecular flexibility index (Phi) is 4.52. The number of nitrogens with zero attached hydrogens (tertiary/aromatic N) is 2. The molecule has 0 saturated heterocycles. The average molecular weight is 340 g/mol. The molecular weight excluding hydrogens is 324 g/mol. The van der Waals surface area contributed by atoms with Crippen LogP contribution in [0.2, 0.25) is 0 Å². The third kappa shape index (κ3) is 3.26. The normalized spacial score (nSPS) is 10.6. The highest BCUT2D eigenvalue weighted by atomic mass is 32.2. The number of fused-ring (bicyclic) bond motifs is 1. The van der Waals surface area contributed by atoms with Crippen LogP contribution in [0.25, 0.3) is 16.9 Å². The number of imidazole rings is 1. The second kappa shape index (κ2) is 6.76. The van der Waals surface area contributed by atoms with Gasteiger partial charge < -0.3 is 0 Å². The van der Waals surface area contributed by atoms with Crippen molar-refractivity contribution in [3.8, 4) is 11.3 Å². The molecule has 0 fully saturated rings. The number of nitrogens with one attached hydrogen (secondary N) is 2. The van der Waals surface area contributed by atoms with E-state index in [1.165, 1.54) is 11.8 Å². The molecule has 0 aliphatic carbocycles. The van der Waals surface area contributed by atoms with Crippen molar-refractivity contribution in [2.75, 3.05) is 6.26 Å². The number of hydrazine groups is 1. The SMILES string of the molecule is CSc1ccc(-c2cnc3ccc(C(=O)NNC(C)=O)cn23)cc1. The average Bonchev–Trinajstić information content (AvgIpc) is 3.02. The minimum atomic E-state index is -0.385. The van der Waals surface area contributed by atoms with Crippen LogP contribution in [0.4, 0.5) is 0 Å². The summed E-state index contributed by atoms with van der Waals surface area (Å²) in [7, 11) is 0. The van der Waals surface area contributed by atoms with Gasteiger partial charge in [-0.1, -0.05) is 12.1 Å². The second-order valence-electron chi connectivity index (χ2n) is 5.15. The maximum atomic E-state index is 12.1. The van der Waals surface area contributed by atoms with Crippen molar-refractivity contribution < 1.29 is 9.59 Å². The van der Waals surface area contributed by atoms with Crippen molar-refractivity contribution in [3.63, 3.8) is 0 Å². The zero-order valence-corrected chi connectivity index (χ0v) is 14.1. The molecule has 0 atom stereocenters. The van der Waals surface area contributed by atoms with Gasteiger partial charge in [-0.25, -0.2) is 4.98 Å². The van der Waals surface area contributed by atoms with Crippen LogP contribution in [0.3, 0.4) is 0 Å². The molecule has 0 unspecified atom stereocenters. The largest absolute Gasteiger partial charge is 0.299 e. The summed E-state index contributed by atoms with van der Waals surface area (Å²) >= 11 is 1.68. The summed E-state index contributed by atoms with van der Waals surface area (Å²) in [5.74, 6) is -0.717. The monoisotopic (exact) mass is 340 g/mol. The first kappa shape index (κ1) is 16.1. The van der Waals surface area contributed by atoms with Crippen molar-refractivity contribution in [2.24, 2.45) is 0 Å². The molecule has 2 aromatic heterocycles. The van der Waals surface area contributed by atoms with Crippen molar-refractivity contribution in [2.45, 2.75) is 11.8 Å². The van der Waals surface area contributed by atoms with E-state index < -0.39 is 0 Å². The van der Waals surface area contributed by atoms with Gasteiger partial charge in [-0.15, -0.1) is 11.8 Å². The fourth-order valence-electron chi connectivity index (χ4n) is 2.31. The highest BCUT2D eigenvalue weighted by Gasteiger charge is 2.11. The van der Waals surface area contributed by atoms with E-state index in [0.29, 0.717) is 5.56 Å². The van der Waals surface area contributed by atoms with E-state index in [1.54, 1.807) is 36.3 Å². The molecule has 2 amide bonds. The molecule has 122 valence electrons. The van der Waals surface area contributed by atoms with Crippen LogP contribution in [-0.2, 0) is 4.79 Å². The predicted octanol–water partition coefficient (Wildman–Crippen LogP) is 2.50. The van der Waals surface area contributed by atoms with Gasteiger partial charge in [0.25, 0.3) is 5.91 Å². The summed E-state index contributed by atoms with van der Waals surface area (Å²) < 4.78 is 1.86. The standard InChI is InChI=1S/C17H16N4O2S/c1-11(22)19-20-17(23)13-5-8-16-18-9-15(21(16)10-13)12-3-6-14(24-2)7-4-12/h3-10H,1-2H3,(H,19,22)(H,20,23). The van der Waals surface area contributed by atoms with Crippen LogP contribution in [-0.4, -0.2) is 27.5 Å². The minimum Gasteiger partial charge on any atom is -0.299 e. The molecular formula is C17H16N4O2S. The van der Waals surface area contributed by atoms with Gasteiger partial charge in [0.2, 0.25) is 5.91 Å². The van der Waals surface area contributed by atoms with Crippen LogP contribution < -0.4 is 10.9 Å². The number of hydrogen-bond donors (Lipinski definition) is 2. The van der Waals surface area contributed by atoms with Gasteiger partial charge in [0.05, 0.1) is 17.5 Å². The molecule has 24 heavy (non-hydrogen) atoms. The number of rotatable bonds is 3. The zero-order chi connectivity index (χ0) is 17.1. The third-order valence-corrected chi connectivity index (χ3v) is 4.25. The molecule has 2 heterocycles. The molecule has 1 aromatic carbocycles. The van der Waals surface area contributed by atoms with Gasteiger partial charge in [0.1, 0.15) is 5.65 Å². The molecule has 0 aliphatic rings. The topological polar surface area (TPSA) is 75.5 Å². The Bertz CT molecular complexity index is 903. The molecule has 3 aromatic rings. The summed E-state index contributed by atoms with van der Waals surface area (Å²) in [6.07, 6.45) is 5.51. The smallest absolute Gasteiger partial charge is 0.271 e. The van der Waals surface area contributed by atoms with Gasteiger partial charge >= 0.3 is 0 Å². The van der Waals surface area contributed by atoms with E-state index in [2.05, 4.69) is 15.8 Å². The number of aromatic nitrogens is 2. The van der Waals surface area contributed by atoms with E-state index in [-0.39, 0.29) is 11.8 Å². The number of carbonyl (C=O) groups excluding carboxylic acids is 2. The Morgan fingerprint density at radius 2 is 1.83 bits per heavy atom. The van der Waals surface area contributed by atoms with Gasteiger partial charge in [-0.3, -0.25) is 24.8 Å². The van der Waals surface area contributed by atoms with Crippen molar-refractivity contribution in [3.05, 3.63) is 54.4 Å². The fourth-order valence-corrected chi connectivity index (χ4v) is 2.72. The number of thioether (sulfide) groups is 1. The molecule has 7 heteroatoms. The molecule has 2 N–H and O–H groups in total. The maximum Gasteiger partial charge on any atom is 0.271 e. The number of amides is 2. The zero-order valence-electron chi connectivity index (χ0n) is 13.2. The number of benzene rings is 1. The van der Waals surface area contributed by atoms with Crippen LogP contribution in [0, 0.1) is 0 Å². The van der Waals surface area contributed by atoms with Crippen LogP contribution in [0.1, 0.15) is 17.3 Å². The van der Waals surface area contributed by atoms with E-state index >= 15 is 0 Å². The Morgan fingerprint density at radius 3 is 2.50 bits per heavy atom. The van der Waals surface area contributed by atoms with E-state index in [9.17, 15) is 9.59 Å². The van der Waals surface area contributed by atoms with Crippen molar-refractivity contribution in [1.29, 1.82) is 0 Å². The molecule has 6 nitrogen and oxygen atoms in total. The Hall–Kier alpha value is -2.80. The molecule has 3 rings (SSSR count). The van der Waals surface area contributed by atoms with Gasteiger partial charge in [0, 0.05) is 23.6 Å². The summed E-state index contributed by atoms with van der Waals surface area (Å²) in [4.78, 5) is 28.5. The molecule has 0 saturated carbocycles. The number of hydrogen-bond acceptors (Lipinski definition) is 4. The lowest BCUT2D eigenvalue weighted by Crippen LogP contribution is -2.40. The summed E-state index contributed by atoms with van der Waals surface area (Å²) in [6, 6.07) is 11.6. The van der Waals surface area contributed by atoms with Crippen LogP contribution >= 0.6 is 11.8 Å². The van der Waals surface area contributed by atoms with Crippen molar-refractivity contribution >= 4 is 29.2 Å². The first-order chi connectivity index (χ1) is 11.6. The van der Waals surface area contributed by atoms with Gasteiger partial charge in [-0.05, 0) is 30.5 Å². The summed E-state index contributed by atoms with van der Waals surface area (Å²) in [5, 5.41) is 0. The molecule has 0 radical (unpaired) electrons. The molecule has 0 spiro atoms. The highest BCUT2D eigenvalue weighted by Crippen LogP contribution is 2.24. The lowest BCUT2D eigenvalue weighted by molar-refractivity contribution is -0.119. The Morgan fingerprint density at radius 1 is 1.08 bits per heavy atom. The summed E-state index contributed by atoms with van der Waals surface area (Å²) in [5.41, 5.74) is 7.71. The Balaban J connectivity index is 1.96. The number of pyridine rings is 1. The summed E-state index contributed by atoms with van der Waals surface area (Å²) in [6.45, 7) is 1.33. The highest BCUT2D eigenvalue weighted by molar-refractivity contribution is 7.98. The number of carbonyl (C=O) groups is 2. The molecule has 0 aliphatic heterocycles. The maximum absolute atomic E-state index is 12.1. The second-order valence-corrected chi connectivity index (χ2v) is 6.03. The fraction of sp³-hybridized carbons (Fsp3) is 0.118. The van der Waals surface area contributed by atoms with Crippen LogP contribution in [0.15, 0.2) is 53.7 Å². The van der Waals surface area contributed by atoms with E-state index in [0.717, 1.165) is 16.9 Å². The third-order valence-electron chi connectivity index (χ3n) is 3.51. The van der Waals surface area contributed by atoms with Gasteiger partial charge in [0.15, 0.2) is 0 Å². The lowest BCUT2D eigenvalue weighted by Gasteiger charge is -2.07. The first-order valence-electron chi connectivity index (χ1n) is 7.27. The van der Waals surface area contributed by atoms with Gasteiger partial charge in [-0.2, -0.15) is 0 Å². The van der Waals surface area contributed by atoms with E-state index in [1.807, 2.05) is 34.9 Å². The van der Waals surface area contributed by atoms with Crippen LogP contribution in [0.5, 0.6) is 0 Å². The minimum absolute atomic E-state index is 0.332. The first-order valence-corrected chi connectivity index (χ1v) is 8.49. The Labute approximate surface area is 143 Å². The predicted molar refractivity (Wildman–Crippen MR) is 93.7 cm³/mol. The molecule has 0 bridgehead atoms. The lowest BCUT2D eigenvalue weighted by atomic mass is 10.1. The van der Waals surface area contributed by atoms with E-state index in [4.69, 9.17) is 0 Å².